The van der Waals surface area contributed by atoms with Gasteiger partial charge in [0, 0.05) is 24.1 Å². The minimum absolute atomic E-state index is 0.216. The average molecular weight is 317 g/mol. The van der Waals surface area contributed by atoms with Gasteiger partial charge in [0.05, 0.1) is 6.04 Å². The van der Waals surface area contributed by atoms with E-state index in [0.29, 0.717) is 36.1 Å². The van der Waals surface area contributed by atoms with E-state index in [0.717, 1.165) is 0 Å². The molecule has 18 heavy (non-hydrogen) atoms. The SMILES string of the molecule is O=C(O)N1CCNCC1Cc1ccc(Br)cc1F. The molecular formula is C12H14BrFN2O2. The Kier molecular flexibility index (Phi) is 4.19. The van der Waals surface area contributed by atoms with Gasteiger partial charge < -0.3 is 15.3 Å². The molecule has 0 aliphatic carbocycles. The quantitative estimate of drug-likeness (QED) is 0.878. The summed E-state index contributed by atoms with van der Waals surface area (Å²) >= 11 is 3.20. The van der Waals surface area contributed by atoms with Crippen molar-refractivity contribution in [1.82, 2.24) is 10.2 Å². The van der Waals surface area contributed by atoms with Gasteiger partial charge >= 0.3 is 6.09 Å². The fraction of sp³-hybridized carbons (Fsp3) is 0.417. The molecule has 1 aliphatic heterocycles. The Balaban J connectivity index is 2.13. The van der Waals surface area contributed by atoms with Crippen LogP contribution in [0, 0.1) is 5.82 Å². The van der Waals surface area contributed by atoms with Gasteiger partial charge in [-0.25, -0.2) is 9.18 Å². The average Bonchev–Trinajstić information content (AvgIpc) is 2.33. The van der Waals surface area contributed by atoms with E-state index in [1.54, 1.807) is 12.1 Å². The fourth-order valence-electron chi connectivity index (χ4n) is 2.14. The molecule has 1 unspecified atom stereocenters. The predicted molar refractivity (Wildman–Crippen MR) is 69.2 cm³/mol. The number of hydrogen-bond acceptors (Lipinski definition) is 2. The van der Waals surface area contributed by atoms with Crippen molar-refractivity contribution in [3.8, 4) is 0 Å². The largest absolute Gasteiger partial charge is 0.465 e. The first-order chi connectivity index (χ1) is 8.58. The van der Waals surface area contributed by atoms with E-state index in [-0.39, 0.29) is 11.9 Å². The van der Waals surface area contributed by atoms with E-state index in [9.17, 15) is 9.18 Å². The molecule has 1 aromatic carbocycles. The third-order valence-electron chi connectivity index (χ3n) is 3.07. The maximum Gasteiger partial charge on any atom is 0.407 e. The van der Waals surface area contributed by atoms with Crippen LogP contribution in [0.15, 0.2) is 22.7 Å². The molecule has 0 saturated carbocycles. The van der Waals surface area contributed by atoms with Gasteiger partial charge in [-0.1, -0.05) is 22.0 Å². The lowest BCUT2D eigenvalue weighted by molar-refractivity contribution is 0.112. The van der Waals surface area contributed by atoms with Crippen LogP contribution in [0.1, 0.15) is 5.56 Å². The van der Waals surface area contributed by atoms with Crippen LogP contribution in [0.4, 0.5) is 9.18 Å². The van der Waals surface area contributed by atoms with E-state index < -0.39 is 6.09 Å². The molecular weight excluding hydrogens is 303 g/mol. The van der Waals surface area contributed by atoms with Crippen LogP contribution in [0.25, 0.3) is 0 Å². The van der Waals surface area contributed by atoms with Crippen molar-refractivity contribution in [1.29, 1.82) is 0 Å². The topological polar surface area (TPSA) is 52.6 Å². The first-order valence-electron chi connectivity index (χ1n) is 5.72. The molecule has 6 heteroatoms. The lowest BCUT2D eigenvalue weighted by atomic mass is 10.0. The second-order valence-electron chi connectivity index (χ2n) is 4.27. The highest BCUT2D eigenvalue weighted by Crippen LogP contribution is 2.18. The number of rotatable bonds is 2. The Morgan fingerprint density at radius 2 is 2.39 bits per heavy atom. The Labute approximate surface area is 113 Å². The summed E-state index contributed by atoms with van der Waals surface area (Å²) in [4.78, 5) is 12.5. The van der Waals surface area contributed by atoms with Crippen molar-refractivity contribution in [2.75, 3.05) is 19.6 Å². The van der Waals surface area contributed by atoms with Gasteiger partial charge in [0.2, 0.25) is 0 Å². The van der Waals surface area contributed by atoms with Gasteiger partial charge in [0.1, 0.15) is 5.82 Å². The summed E-state index contributed by atoms with van der Waals surface area (Å²) in [7, 11) is 0. The number of benzene rings is 1. The smallest absolute Gasteiger partial charge is 0.407 e. The number of nitrogens with zero attached hydrogens (tertiary/aromatic N) is 1. The second kappa shape index (κ2) is 5.67. The first kappa shape index (κ1) is 13.3. The van der Waals surface area contributed by atoms with Crippen molar-refractivity contribution >= 4 is 22.0 Å². The summed E-state index contributed by atoms with van der Waals surface area (Å²) in [5.41, 5.74) is 0.540. The van der Waals surface area contributed by atoms with E-state index in [2.05, 4.69) is 21.2 Å². The van der Waals surface area contributed by atoms with Crippen molar-refractivity contribution in [2.24, 2.45) is 0 Å². The number of halogens is 2. The molecule has 1 atom stereocenters. The van der Waals surface area contributed by atoms with Gasteiger partial charge in [-0.2, -0.15) is 0 Å². The van der Waals surface area contributed by atoms with Crippen LogP contribution in [-0.4, -0.2) is 41.8 Å². The zero-order valence-electron chi connectivity index (χ0n) is 9.70. The Hall–Kier alpha value is -1.14. The summed E-state index contributed by atoms with van der Waals surface area (Å²) in [6.07, 6.45) is -0.558. The van der Waals surface area contributed by atoms with Crippen molar-refractivity contribution in [3.63, 3.8) is 0 Å². The highest BCUT2D eigenvalue weighted by Gasteiger charge is 2.26. The second-order valence-corrected chi connectivity index (χ2v) is 5.19. The lowest BCUT2D eigenvalue weighted by Crippen LogP contribution is -2.54. The summed E-state index contributed by atoms with van der Waals surface area (Å²) in [5, 5.41) is 12.2. The maximum absolute atomic E-state index is 13.7. The summed E-state index contributed by atoms with van der Waals surface area (Å²) in [6, 6.07) is 4.64. The minimum Gasteiger partial charge on any atom is -0.465 e. The number of carboxylic acid groups (broad SMARTS) is 1. The Morgan fingerprint density at radius 3 is 3.06 bits per heavy atom. The molecule has 1 aromatic rings. The van der Waals surface area contributed by atoms with Gasteiger partial charge in [0.15, 0.2) is 0 Å². The van der Waals surface area contributed by atoms with Crippen molar-refractivity contribution < 1.29 is 14.3 Å². The molecule has 0 bridgehead atoms. The van der Waals surface area contributed by atoms with Crippen molar-refractivity contribution in [2.45, 2.75) is 12.5 Å². The van der Waals surface area contributed by atoms with Gasteiger partial charge in [-0.15, -0.1) is 0 Å². The molecule has 1 heterocycles. The fourth-order valence-corrected chi connectivity index (χ4v) is 2.47. The lowest BCUT2D eigenvalue weighted by Gasteiger charge is -2.34. The van der Waals surface area contributed by atoms with Gasteiger partial charge in [-0.3, -0.25) is 0 Å². The summed E-state index contributed by atoms with van der Waals surface area (Å²) in [6.45, 7) is 1.64. The summed E-state index contributed by atoms with van der Waals surface area (Å²) < 4.78 is 14.4. The molecule has 4 nitrogen and oxygen atoms in total. The third kappa shape index (κ3) is 3.00. The molecule has 2 N–H and O–H groups in total. The molecule has 98 valence electrons. The van der Waals surface area contributed by atoms with Crippen molar-refractivity contribution in [3.05, 3.63) is 34.1 Å². The number of hydrogen-bond donors (Lipinski definition) is 2. The molecule has 2 rings (SSSR count). The molecule has 0 spiro atoms. The molecule has 0 aromatic heterocycles. The summed E-state index contributed by atoms with van der Waals surface area (Å²) in [5.74, 6) is -0.305. The van der Waals surface area contributed by atoms with E-state index >= 15 is 0 Å². The number of nitrogens with one attached hydrogen (secondary N) is 1. The van der Waals surface area contributed by atoms with E-state index in [4.69, 9.17) is 5.11 Å². The zero-order valence-corrected chi connectivity index (χ0v) is 11.3. The van der Waals surface area contributed by atoms with Crippen LogP contribution in [0.2, 0.25) is 0 Å². The zero-order chi connectivity index (χ0) is 13.1. The predicted octanol–water partition coefficient (Wildman–Crippen LogP) is 2.08. The van der Waals surface area contributed by atoms with Gasteiger partial charge in [0.25, 0.3) is 0 Å². The number of amides is 1. The molecule has 1 saturated heterocycles. The van der Waals surface area contributed by atoms with Crippen LogP contribution in [0.3, 0.4) is 0 Å². The van der Waals surface area contributed by atoms with Crippen LogP contribution in [0.5, 0.6) is 0 Å². The molecule has 1 amide bonds. The van der Waals surface area contributed by atoms with Gasteiger partial charge in [-0.05, 0) is 24.1 Å². The van der Waals surface area contributed by atoms with E-state index in [1.807, 2.05) is 0 Å². The highest BCUT2D eigenvalue weighted by molar-refractivity contribution is 9.10. The normalized spacial score (nSPS) is 19.9. The highest BCUT2D eigenvalue weighted by atomic mass is 79.9. The minimum atomic E-state index is -0.945. The number of piperazine rings is 1. The van der Waals surface area contributed by atoms with E-state index in [1.165, 1.54) is 11.0 Å². The Morgan fingerprint density at radius 1 is 1.61 bits per heavy atom. The number of carbonyl (C=O) groups is 1. The third-order valence-corrected chi connectivity index (χ3v) is 3.56. The maximum atomic E-state index is 13.7. The van der Waals surface area contributed by atoms with Crippen LogP contribution >= 0.6 is 15.9 Å². The van der Waals surface area contributed by atoms with Crippen LogP contribution in [-0.2, 0) is 6.42 Å². The Bertz CT molecular complexity index is 456. The first-order valence-corrected chi connectivity index (χ1v) is 6.51. The standard InChI is InChI=1S/C12H14BrFN2O2/c13-9-2-1-8(11(14)6-9)5-10-7-15-3-4-16(10)12(17)18/h1-2,6,10,15H,3-5,7H2,(H,17,18). The monoisotopic (exact) mass is 316 g/mol. The molecule has 1 fully saturated rings. The molecule has 1 aliphatic rings. The van der Waals surface area contributed by atoms with Crippen LogP contribution < -0.4 is 5.32 Å². The molecule has 0 radical (unpaired) electrons.